The fourth-order valence-electron chi connectivity index (χ4n) is 1.04. The summed E-state index contributed by atoms with van der Waals surface area (Å²) in [6, 6.07) is 0.0717. The molecule has 0 unspecified atom stereocenters. The SMILES string of the molecule is CC(C)O[C@@H]1COC[C@H]1N. The molecule has 2 atom stereocenters. The molecular weight excluding hydrogens is 130 g/mol. The van der Waals surface area contributed by atoms with Gasteiger partial charge in [0.25, 0.3) is 0 Å². The summed E-state index contributed by atoms with van der Waals surface area (Å²) in [5, 5.41) is 0. The van der Waals surface area contributed by atoms with Crippen LogP contribution in [0.25, 0.3) is 0 Å². The van der Waals surface area contributed by atoms with E-state index >= 15 is 0 Å². The summed E-state index contributed by atoms with van der Waals surface area (Å²) >= 11 is 0. The van der Waals surface area contributed by atoms with Crippen molar-refractivity contribution in [3.63, 3.8) is 0 Å². The van der Waals surface area contributed by atoms with E-state index in [1.807, 2.05) is 13.8 Å². The topological polar surface area (TPSA) is 44.5 Å². The van der Waals surface area contributed by atoms with Crippen molar-refractivity contribution >= 4 is 0 Å². The van der Waals surface area contributed by atoms with Crippen molar-refractivity contribution in [2.75, 3.05) is 13.2 Å². The van der Waals surface area contributed by atoms with Gasteiger partial charge in [0.2, 0.25) is 0 Å². The quantitative estimate of drug-likeness (QED) is 0.601. The van der Waals surface area contributed by atoms with E-state index in [-0.39, 0.29) is 18.2 Å². The Morgan fingerprint density at radius 2 is 2.20 bits per heavy atom. The summed E-state index contributed by atoms with van der Waals surface area (Å²) in [4.78, 5) is 0. The second kappa shape index (κ2) is 3.32. The third-order valence-corrected chi connectivity index (χ3v) is 1.52. The van der Waals surface area contributed by atoms with E-state index in [0.29, 0.717) is 13.2 Å². The van der Waals surface area contributed by atoms with Gasteiger partial charge >= 0.3 is 0 Å². The molecule has 0 aromatic rings. The predicted molar refractivity (Wildman–Crippen MR) is 38.8 cm³/mol. The Kier molecular flexibility index (Phi) is 2.65. The maximum Gasteiger partial charge on any atom is 0.0984 e. The highest BCUT2D eigenvalue weighted by molar-refractivity contribution is 4.78. The molecule has 0 aromatic carbocycles. The van der Waals surface area contributed by atoms with Gasteiger partial charge in [-0.15, -0.1) is 0 Å². The Morgan fingerprint density at radius 1 is 1.50 bits per heavy atom. The standard InChI is InChI=1S/C7H15NO2/c1-5(2)10-7-4-9-3-6(7)8/h5-7H,3-4,8H2,1-2H3/t6-,7-/m1/s1. The Hall–Kier alpha value is -0.120. The molecule has 0 aliphatic carbocycles. The van der Waals surface area contributed by atoms with Gasteiger partial charge in [-0.3, -0.25) is 0 Å². The molecule has 3 heteroatoms. The summed E-state index contributed by atoms with van der Waals surface area (Å²) in [6.07, 6.45) is 0.359. The molecule has 0 amide bonds. The van der Waals surface area contributed by atoms with Crippen LogP contribution in [-0.4, -0.2) is 31.5 Å². The Labute approximate surface area is 61.5 Å². The van der Waals surface area contributed by atoms with Crippen LogP contribution in [0.1, 0.15) is 13.8 Å². The maximum atomic E-state index is 5.68. The molecule has 1 fully saturated rings. The third kappa shape index (κ3) is 1.94. The first kappa shape index (κ1) is 7.98. The first-order valence-corrected chi connectivity index (χ1v) is 3.69. The second-order valence-electron chi connectivity index (χ2n) is 2.92. The number of ether oxygens (including phenoxy) is 2. The Bertz CT molecular complexity index is 106. The maximum absolute atomic E-state index is 5.68. The molecule has 60 valence electrons. The lowest BCUT2D eigenvalue weighted by Gasteiger charge is -2.16. The zero-order valence-corrected chi connectivity index (χ0v) is 6.54. The van der Waals surface area contributed by atoms with E-state index in [4.69, 9.17) is 15.2 Å². The number of hydrogen-bond acceptors (Lipinski definition) is 3. The molecule has 1 rings (SSSR count). The van der Waals surface area contributed by atoms with Crippen LogP contribution < -0.4 is 5.73 Å². The van der Waals surface area contributed by atoms with Gasteiger partial charge in [-0.05, 0) is 13.8 Å². The average molecular weight is 145 g/mol. The molecule has 3 nitrogen and oxygen atoms in total. The lowest BCUT2D eigenvalue weighted by atomic mass is 10.2. The predicted octanol–water partition coefficient (Wildman–Crippen LogP) is 0.138. The fourth-order valence-corrected chi connectivity index (χ4v) is 1.04. The van der Waals surface area contributed by atoms with Crippen molar-refractivity contribution in [3.05, 3.63) is 0 Å². The van der Waals surface area contributed by atoms with Gasteiger partial charge in [0.1, 0.15) is 0 Å². The summed E-state index contributed by atoms with van der Waals surface area (Å²) < 4.78 is 10.6. The summed E-state index contributed by atoms with van der Waals surface area (Å²) in [5.41, 5.74) is 5.68. The van der Waals surface area contributed by atoms with Crippen LogP contribution in [0.2, 0.25) is 0 Å². The lowest BCUT2D eigenvalue weighted by molar-refractivity contribution is -0.00224. The molecule has 1 heterocycles. The number of hydrogen-bond donors (Lipinski definition) is 1. The minimum Gasteiger partial charge on any atom is -0.377 e. The highest BCUT2D eigenvalue weighted by atomic mass is 16.6. The first-order chi connectivity index (χ1) is 4.70. The molecule has 1 aliphatic heterocycles. The van der Waals surface area contributed by atoms with E-state index in [1.165, 1.54) is 0 Å². The largest absolute Gasteiger partial charge is 0.377 e. The molecule has 0 aromatic heterocycles. The van der Waals surface area contributed by atoms with Crippen molar-refractivity contribution in [2.24, 2.45) is 5.73 Å². The molecule has 0 radical (unpaired) electrons. The number of nitrogens with two attached hydrogens (primary N) is 1. The first-order valence-electron chi connectivity index (χ1n) is 3.69. The molecule has 1 aliphatic rings. The van der Waals surface area contributed by atoms with Crippen molar-refractivity contribution in [3.8, 4) is 0 Å². The summed E-state index contributed by atoms with van der Waals surface area (Å²) in [7, 11) is 0. The van der Waals surface area contributed by atoms with Gasteiger partial charge in [-0.1, -0.05) is 0 Å². The van der Waals surface area contributed by atoms with Gasteiger partial charge in [-0.2, -0.15) is 0 Å². The zero-order valence-electron chi connectivity index (χ0n) is 6.54. The summed E-state index contributed by atoms with van der Waals surface area (Å²) in [5.74, 6) is 0. The molecule has 1 saturated heterocycles. The third-order valence-electron chi connectivity index (χ3n) is 1.52. The van der Waals surface area contributed by atoms with Crippen LogP contribution in [0.3, 0.4) is 0 Å². The normalized spacial score (nSPS) is 33.6. The lowest BCUT2D eigenvalue weighted by Crippen LogP contribution is -2.36. The van der Waals surface area contributed by atoms with Crippen LogP contribution in [-0.2, 0) is 9.47 Å². The molecule has 0 bridgehead atoms. The van der Waals surface area contributed by atoms with E-state index in [1.54, 1.807) is 0 Å². The van der Waals surface area contributed by atoms with Gasteiger partial charge in [0.05, 0.1) is 31.5 Å². The zero-order chi connectivity index (χ0) is 7.56. The Morgan fingerprint density at radius 3 is 2.60 bits per heavy atom. The van der Waals surface area contributed by atoms with Crippen LogP contribution in [0.4, 0.5) is 0 Å². The molecule has 10 heavy (non-hydrogen) atoms. The van der Waals surface area contributed by atoms with E-state index in [0.717, 1.165) is 0 Å². The highest BCUT2D eigenvalue weighted by Crippen LogP contribution is 2.09. The van der Waals surface area contributed by atoms with Crippen molar-refractivity contribution in [2.45, 2.75) is 32.1 Å². The van der Waals surface area contributed by atoms with E-state index in [9.17, 15) is 0 Å². The van der Waals surface area contributed by atoms with E-state index < -0.39 is 0 Å². The smallest absolute Gasteiger partial charge is 0.0984 e. The van der Waals surface area contributed by atoms with Gasteiger partial charge in [0, 0.05) is 0 Å². The monoisotopic (exact) mass is 145 g/mol. The molecular formula is C7H15NO2. The van der Waals surface area contributed by atoms with Gasteiger partial charge in [-0.25, -0.2) is 0 Å². The molecule has 2 N–H and O–H groups in total. The van der Waals surface area contributed by atoms with Crippen molar-refractivity contribution < 1.29 is 9.47 Å². The van der Waals surface area contributed by atoms with Crippen molar-refractivity contribution in [1.29, 1.82) is 0 Å². The minimum atomic E-state index is 0.0717. The average Bonchev–Trinajstić information content (AvgIpc) is 2.15. The van der Waals surface area contributed by atoms with Crippen molar-refractivity contribution in [1.82, 2.24) is 0 Å². The van der Waals surface area contributed by atoms with Crippen LogP contribution in [0.5, 0.6) is 0 Å². The fraction of sp³-hybridized carbons (Fsp3) is 1.00. The van der Waals surface area contributed by atoms with Crippen LogP contribution in [0, 0.1) is 0 Å². The molecule has 0 spiro atoms. The van der Waals surface area contributed by atoms with Crippen LogP contribution in [0.15, 0.2) is 0 Å². The Balaban J connectivity index is 2.26. The minimum absolute atomic E-state index is 0.0717. The number of rotatable bonds is 2. The van der Waals surface area contributed by atoms with Gasteiger partial charge < -0.3 is 15.2 Å². The van der Waals surface area contributed by atoms with Gasteiger partial charge in [0.15, 0.2) is 0 Å². The van der Waals surface area contributed by atoms with Crippen LogP contribution >= 0.6 is 0 Å². The van der Waals surface area contributed by atoms with E-state index in [2.05, 4.69) is 0 Å². The summed E-state index contributed by atoms with van der Waals surface area (Å²) in [6.45, 7) is 5.30. The molecule has 0 saturated carbocycles. The highest BCUT2D eigenvalue weighted by Gasteiger charge is 2.25. The second-order valence-corrected chi connectivity index (χ2v) is 2.92.